The van der Waals surface area contributed by atoms with Crippen molar-refractivity contribution in [3.05, 3.63) is 101 Å². The van der Waals surface area contributed by atoms with E-state index in [9.17, 15) is 9.59 Å². The van der Waals surface area contributed by atoms with E-state index >= 15 is 0 Å². The van der Waals surface area contributed by atoms with Crippen LogP contribution in [0.1, 0.15) is 32.0 Å². The number of hydrogen-bond donors (Lipinski definition) is 1. The van der Waals surface area contributed by atoms with Crippen LogP contribution in [0.2, 0.25) is 0 Å². The number of pyridine rings is 1. The summed E-state index contributed by atoms with van der Waals surface area (Å²) >= 11 is 0. The number of hydrogen-bond acceptors (Lipinski definition) is 3. The topological polar surface area (TPSA) is 59.3 Å². The van der Waals surface area contributed by atoms with E-state index in [2.05, 4.69) is 5.43 Å². The lowest BCUT2D eigenvalue weighted by Crippen LogP contribution is -2.51. The van der Waals surface area contributed by atoms with Crippen LogP contribution < -0.4 is 10.1 Å². The number of nitrogens with one attached hydrogen (secondary N) is 1. The number of amides is 1. The molecule has 0 radical (unpaired) electrons. The first kappa shape index (κ1) is 17.4. The molecule has 1 N–H and O–H groups in total. The Morgan fingerprint density at radius 2 is 1.62 bits per heavy atom. The molecule has 3 rings (SSSR count). The predicted molar refractivity (Wildman–Crippen MR) is 97.4 cm³/mol. The highest BCUT2D eigenvalue weighted by Crippen LogP contribution is 2.13. The maximum atomic E-state index is 12.4. The molecule has 1 amide bonds. The molecule has 0 spiro atoms. The van der Waals surface area contributed by atoms with Crippen molar-refractivity contribution >= 4 is 11.9 Å². The third-order valence-electron chi connectivity index (χ3n) is 4.00. The van der Waals surface area contributed by atoms with Gasteiger partial charge in [0, 0.05) is 17.7 Å². The van der Waals surface area contributed by atoms with Crippen molar-refractivity contribution < 1.29 is 19.0 Å². The van der Waals surface area contributed by atoms with Crippen LogP contribution in [-0.2, 0) is 11.2 Å². The highest BCUT2D eigenvalue weighted by atomic mass is 16.5. The molecule has 0 aliphatic carbocycles. The van der Waals surface area contributed by atoms with Gasteiger partial charge in [0.05, 0.1) is 19.1 Å². The van der Waals surface area contributed by atoms with Crippen molar-refractivity contribution in [2.45, 2.75) is 6.42 Å². The van der Waals surface area contributed by atoms with Crippen LogP contribution in [0.4, 0.5) is 0 Å². The number of ether oxygens (including phenoxy) is 1. The van der Waals surface area contributed by atoms with E-state index in [1.165, 1.54) is 7.11 Å². The Bertz CT molecular complexity index is 923. The molecule has 0 saturated carbocycles. The minimum absolute atomic E-state index is 0.204. The van der Waals surface area contributed by atoms with E-state index in [0.717, 1.165) is 11.3 Å². The monoisotopic (exact) mass is 347 g/mol. The second-order valence-corrected chi connectivity index (χ2v) is 5.69. The van der Waals surface area contributed by atoms with E-state index in [1.54, 1.807) is 35.1 Å². The van der Waals surface area contributed by atoms with Gasteiger partial charge >= 0.3 is 11.9 Å². The largest absolute Gasteiger partial charge is 0.465 e. The summed E-state index contributed by atoms with van der Waals surface area (Å²) in [5.41, 5.74) is 5.63. The fourth-order valence-electron chi connectivity index (χ4n) is 2.67. The molecular formula is C21H19N2O3+. The number of methoxy groups -OCH3 is 1. The van der Waals surface area contributed by atoms with E-state index in [4.69, 9.17) is 4.74 Å². The number of rotatable bonds is 5. The summed E-state index contributed by atoms with van der Waals surface area (Å²) in [5, 5.41) is 0. The number of nitrogens with zero attached hydrogens (tertiary/aromatic N) is 1. The Morgan fingerprint density at radius 3 is 2.38 bits per heavy atom. The van der Waals surface area contributed by atoms with Crippen LogP contribution >= 0.6 is 0 Å². The fraction of sp³-hybridized carbons (Fsp3) is 0.0952. The Morgan fingerprint density at radius 1 is 0.923 bits per heavy atom. The molecule has 1 heterocycles. The minimum atomic E-state index is -0.378. The van der Waals surface area contributed by atoms with Crippen molar-refractivity contribution in [3.63, 3.8) is 0 Å². The fourth-order valence-corrected chi connectivity index (χ4v) is 2.67. The van der Waals surface area contributed by atoms with Crippen LogP contribution in [0.15, 0.2) is 79.0 Å². The van der Waals surface area contributed by atoms with Crippen molar-refractivity contribution in [1.29, 1.82) is 0 Å². The minimum Gasteiger partial charge on any atom is -0.465 e. The normalized spacial score (nSPS) is 10.2. The number of benzene rings is 2. The highest BCUT2D eigenvalue weighted by Gasteiger charge is 2.18. The number of esters is 1. The van der Waals surface area contributed by atoms with E-state index < -0.39 is 0 Å². The maximum absolute atomic E-state index is 12.4. The summed E-state index contributed by atoms with van der Waals surface area (Å²) in [7, 11) is 1.36. The molecule has 3 aromatic rings. The quantitative estimate of drug-likeness (QED) is 0.570. The Kier molecular flexibility index (Phi) is 5.39. The van der Waals surface area contributed by atoms with Gasteiger partial charge in [-0.2, -0.15) is 0 Å². The van der Waals surface area contributed by atoms with Gasteiger partial charge in [-0.25, -0.2) is 4.79 Å². The smallest absolute Gasteiger partial charge is 0.338 e. The average molecular weight is 347 g/mol. The van der Waals surface area contributed by atoms with Crippen LogP contribution in [0.3, 0.4) is 0 Å². The molecular weight excluding hydrogens is 328 g/mol. The summed E-state index contributed by atoms with van der Waals surface area (Å²) in [6.45, 7) is 0. The van der Waals surface area contributed by atoms with Gasteiger partial charge in [-0.1, -0.05) is 41.1 Å². The van der Waals surface area contributed by atoms with Crippen LogP contribution in [-0.4, -0.2) is 19.0 Å². The third-order valence-corrected chi connectivity index (χ3v) is 4.00. The standard InChI is InChI=1S/C21H18N2O3/c1-26-21(25)19-13-6-5-11-17(19)15-18-12-7-8-14-23(18)22-20(24)16-9-3-2-4-10-16/h2-14H,15H2,1H3/p+1. The van der Waals surface area contributed by atoms with Gasteiger partial charge in [-0.3, -0.25) is 4.79 Å². The number of aromatic nitrogens is 1. The molecule has 0 aliphatic rings. The average Bonchev–Trinajstić information content (AvgIpc) is 2.70. The zero-order chi connectivity index (χ0) is 18.4. The highest BCUT2D eigenvalue weighted by molar-refractivity contribution is 5.98. The lowest BCUT2D eigenvalue weighted by molar-refractivity contribution is -0.649. The summed E-state index contributed by atoms with van der Waals surface area (Å²) in [4.78, 5) is 24.4. The molecule has 0 unspecified atom stereocenters. The second-order valence-electron chi connectivity index (χ2n) is 5.69. The van der Waals surface area contributed by atoms with Crippen LogP contribution in [0, 0.1) is 0 Å². The van der Waals surface area contributed by atoms with Gasteiger partial charge in [0.2, 0.25) is 5.69 Å². The van der Waals surface area contributed by atoms with Crippen molar-refractivity contribution in [2.75, 3.05) is 12.5 Å². The first-order valence-electron chi connectivity index (χ1n) is 8.21. The van der Waals surface area contributed by atoms with E-state index in [0.29, 0.717) is 17.5 Å². The molecule has 2 aromatic carbocycles. The zero-order valence-corrected chi connectivity index (χ0v) is 14.4. The van der Waals surface area contributed by atoms with Crippen molar-refractivity contribution in [1.82, 2.24) is 0 Å². The maximum Gasteiger partial charge on any atom is 0.338 e. The third kappa shape index (κ3) is 3.95. The Hall–Kier alpha value is -3.47. The van der Waals surface area contributed by atoms with E-state index in [-0.39, 0.29) is 11.9 Å². The first-order chi connectivity index (χ1) is 12.7. The lowest BCUT2D eigenvalue weighted by Gasteiger charge is -2.08. The summed E-state index contributed by atoms with van der Waals surface area (Å²) in [6, 6.07) is 21.9. The van der Waals surface area contributed by atoms with Crippen molar-refractivity contribution in [2.24, 2.45) is 0 Å². The SMILES string of the molecule is COC(=O)c1ccccc1Cc1cccc[n+]1NC(=O)c1ccccc1. The molecule has 0 bridgehead atoms. The van der Waals surface area contributed by atoms with E-state index in [1.807, 2.05) is 48.5 Å². The van der Waals surface area contributed by atoms with Gasteiger partial charge in [0.1, 0.15) is 0 Å². The van der Waals surface area contributed by atoms with Gasteiger partial charge in [-0.15, -0.1) is 5.43 Å². The molecule has 0 aliphatic heterocycles. The molecule has 130 valence electrons. The van der Waals surface area contributed by atoms with Gasteiger partial charge in [0.15, 0.2) is 6.20 Å². The van der Waals surface area contributed by atoms with Gasteiger partial charge < -0.3 is 4.74 Å². The number of carbonyl (C=O) groups is 2. The summed E-state index contributed by atoms with van der Waals surface area (Å²) in [6.07, 6.45) is 2.25. The molecule has 0 saturated heterocycles. The predicted octanol–water partition coefficient (Wildman–Crippen LogP) is 2.74. The molecule has 0 fully saturated rings. The number of carbonyl (C=O) groups excluding carboxylic acids is 2. The van der Waals surface area contributed by atoms with Gasteiger partial charge in [-0.05, 0) is 29.8 Å². The van der Waals surface area contributed by atoms with Gasteiger partial charge in [0.25, 0.3) is 0 Å². The first-order valence-corrected chi connectivity index (χ1v) is 8.21. The van der Waals surface area contributed by atoms with Crippen molar-refractivity contribution in [3.8, 4) is 0 Å². The molecule has 5 nitrogen and oxygen atoms in total. The summed E-state index contributed by atoms with van der Waals surface area (Å²) < 4.78 is 6.52. The Labute approximate surface area is 151 Å². The summed E-state index contributed by atoms with van der Waals surface area (Å²) in [5.74, 6) is -0.583. The molecule has 26 heavy (non-hydrogen) atoms. The molecule has 5 heteroatoms. The zero-order valence-electron chi connectivity index (χ0n) is 14.4. The Balaban J connectivity index is 1.87. The van der Waals surface area contributed by atoms with Crippen LogP contribution in [0.25, 0.3) is 0 Å². The molecule has 0 atom stereocenters. The lowest BCUT2D eigenvalue weighted by atomic mass is 10.0. The van der Waals surface area contributed by atoms with Crippen LogP contribution in [0.5, 0.6) is 0 Å². The molecule has 1 aromatic heterocycles. The second kappa shape index (κ2) is 8.07.